The maximum absolute atomic E-state index is 12.5. The van der Waals surface area contributed by atoms with Gasteiger partial charge in [-0.05, 0) is 57.1 Å². The lowest BCUT2D eigenvalue weighted by atomic mass is 10.1. The zero-order chi connectivity index (χ0) is 13.0. The molecule has 0 aliphatic heterocycles. The second kappa shape index (κ2) is 6.58. The van der Waals surface area contributed by atoms with Crippen LogP contribution in [0.5, 0.6) is 0 Å². The minimum atomic E-state index is -2.66. The van der Waals surface area contributed by atoms with Crippen molar-refractivity contribution in [1.29, 1.82) is 0 Å². The maximum Gasteiger partial charge on any atom is 0.310 e. The smallest absolute Gasteiger partial charge is 0.310 e. The Kier molecular flexibility index (Phi) is 5.71. The van der Waals surface area contributed by atoms with Gasteiger partial charge in [-0.1, -0.05) is 0 Å². The number of esters is 1. The quantitative estimate of drug-likeness (QED) is 0.426. The topological polar surface area (TPSA) is 39.2 Å². The molecule has 0 unspecified atom stereocenters. The molecule has 1 heterocycles. The van der Waals surface area contributed by atoms with E-state index in [1.165, 1.54) is 6.07 Å². The van der Waals surface area contributed by atoms with Crippen LogP contribution in [0.3, 0.4) is 0 Å². The van der Waals surface area contributed by atoms with Gasteiger partial charge in [0.05, 0.1) is 17.5 Å². The molecule has 0 aromatic carbocycles. The Morgan fingerprint density at radius 1 is 1.65 bits per heavy atom. The first-order chi connectivity index (χ1) is 7.95. The lowest BCUT2D eigenvalue weighted by molar-refractivity contribution is -0.142. The Balaban J connectivity index is 3.01. The fraction of sp³-hybridized carbons (Fsp3) is 0.400. The molecule has 94 valence electrons. The normalized spacial score (nSPS) is 10.7. The van der Waals surface area contributed by atoms with E-state index in [0.717, 1.165) is 0 Å². The van der Waals surface area contributed by atoms with Gasteiger partial charge in [-0.25, -0.2) is 13.8 Å². The summed E-state index contributed by atoms with van der Waals surface area (Å²) in [6, 6.07) is 1.22. The number of hydrogen-bond acceptors (Lipinski definition) is 3. The number of rotatable bonds is 4. The highest BCUT2D eigenvalue weighted by Gasteiger charge is 2.17. The van der Waals surface area contributed by atoms with Gasteiger partial charge >= 0.3 is 5.97 Å². The number of pyridine rings is 1. The first kappa shape index (κ1) is 14.7. The highest BCUT2D eigenvalue weighted by atomic mass is 127. The third-order valence-electron chi connectivity index (χ3n) is 1.88. The lowest BCUT2D eigenvalue weighted by Gasteiger charge is -2.08. The van der Waals surface area contributed by atoms with E-state index in [1.807, 2.05) is 22.6 Å². The Bertz CT molecular complexity index is 429. The van der Waals surface area contributed by atoms with Crippen LogP contribution in [0.25, 0.3) is 0 Å². The van der Waals surface area contributed by atoms with Gasteiger partial charge in [0.1, 0.15) is 9.39 Å². The van der Waals surface area contributed by atoms with Gasteiger partial charge < -0.3 is 4.74 Å². The Morgan fingerprint density at radius 2 is 2.29 bits per heavy atom. The largest absolute Gasteiger partial charge is 0.466 e. The van der Waals surface area contributed by atoms with Crippen molar-refractivity contribution in [1.82, 2.24) is 4.98 Å². The van der Waals surface area contributed by atoms with Crippen molar-refractivity contribution >= 4 is 44.5 Å². The lowest BCUT2D eigenvalue weighted by Crippen LogP contribution is -2.09. The number of carbonyl (C=O) groups is 1. The molecule has 1 aromatic heterocycles. The first-order valence-corrected chi connectivity index (χ1v) is 6.61. The van der Waals surface area contributed by atoms with Crippen LogP contribution in [0.4, 0.5) is 8.78 Å². The second-order valence-corrected chi connectivity index (χ2v) is 4.91. The summed E-state index contributed by atoms with van der Waals surface area (Å²) in [7, 11) is 0. The van der Waals surface area contributed by atoms with E-state index < -0.39 is 12.4 Å². The van der Waals surface area contributed by atoms with E-state index in [9.17, 15) is 13.6 Å². The van der Waals surface area contributed by atoms with Crippen LogP contribution in [0.1, 0.15) is 24.6 Å². The van der Waals surface area contributed by atoms with Crippen molar-refractivity contribution in [3.05, 3.63) is 25.5 Å². The van der Waals surface area contributed by atoms with Gasteiger partial charge in [0, 0.05) is 0 Å². The summed E-state index contributed by atoms with van der Waals surface area (Å²) in [6.07, 6.45) is -2.70. The second-order valence-electron chi connectivity index (χ2n) is 3.09. The third kappa shape index (κ3) is 4.13. The molecule has 1 aromatic rings. The molecule has 0 saturated carbocycles. The van der Waals surface area contributed by atoms with E-state index in [0.29, 0.717) is 13.7 Å². The molecular formula is C10H9BrF2INO2. The van der Waals surface area contributed by atoms with Crippen molar-refractivity contribution in [2.75, 3.05) is 6.61 Å². The Hall–Kier alpha value is -0.310. The average Bonchev–Trinajstić information content (AvgIpc) is 2.24. The summed E-state index contributed by atoms with van der Waals surface area (Å²) in [5.41, 5.74) is 0.120. The van der Waals surface area contributed by atoms with Gasteiger partial charge in [0.2, 0.25) is 0 Å². The number of halogens is 4. The molecule has 0 saturated heterocycles. The third-order valence-corrected chi connectivity index (χ3v) is 4.28. The summed E-state index contributed by atoms with van der Waals surface area (Å²) in [6.45, 7) is 1.95. The Morgan fingerprint density at radius 3 is 2.82 bits per heavy atom. The number of aromatic nitrogens is 1. The molecule has 0 atom stereocenters. The van der Waals surface area contributed by atoms with Crippen molar-refractivity contribution in [2.45, 2.75) is 19.8 Å². The monoisotopic (exact) mass is 419 g/mol. The SMILES string of the molecule is CCOC(=O)Cc1cc(C(F)F)nc(I)c1Br. The molecule has 0 N–H and O–H groups in total. The van der Waals surface area contributed by atoms with E-state index in [4.69, 9.17) is 4.74 Å². The molecule has 0 radical (unpaired) electrons. The zero-order valence-corrected chi connectivity index (χ0v) is 12.6. The van der Waals surface area contributed by atoms with Gasteiger partial charge in [0.15, 0.2) is 0 Å². The number of nitrogens with zero attached hydrogens (tertiary/aromatic N) is 1. The summed E-state index contributed by atoms with van der Waals surface area (Å²) < 4.78 is 30.8. The average molecular weight is 420 g/mol. The molecule has 0 fully saturated rings. The van der Waals surface area contributed by atoms with Crippen LogP contribution in [-0.2, 0) is 16.0 Å². The molecule has 0 spiro atoms. The van der Waals surface area contributed by atoms with Crippen LogP contribution in [0, 0.1) is 3.70 Å². The number of hydrogen-bond donors (Lipinski definition) is 0. The molecular weight excluding hydrogens is 411 g/mol. The molecule has 0 bridgehead atoms. The maximum atomic E-state index is 12.5. The highest BCUT2D eigenvalue weighted by molar-refractivity contribution is 14.1. The van der Waals surface area contributed by atoms with Gasteiger partial charge in [0.25, 0.3) is 6.43 Å². The summed E-state index contributed by atoms with van der Waals surface area (Å²) in [5, 5.41) is 0. The van der Waals surface area contributed by atoms with Gasteiger partial charge in [-0.3, -0.25) is 4.79 Å². The van der Waals surface area contributed by atoms with E-state index >= 15 is 0 Å². The fourth-order valence-corrected chi connectivity index (χ4v) is 2.15. The molecule has 3 nitrogen and oxygen atoms in total. The molecule has 17 heavy (non-hydrogen) atoms. The molecule has 1 rings (SSSR count). The van der Waals surface area contributed by atoms with E-state index in [2.05, 4.69) is 20.9 Å². The predicted molar refractivity (Wildman–Crippen MR) is 69.9 cm³/mol. The number of ether oxygens (including phenoxy) is 1. The molecule has 0 aliphatic carbocycles. The van der Waals surface area contributed by atoms with Crippen LogP contribution in [0.2, 0.25) is 0 Å². The zero-order valence-electron chi connectivity index (χ0n) is 8.84. The fourth-order valence-electron chi connectivity index (χ4n) is 1.18. The van der Waals surface area contributed by atoms with E-state index in [-0.39, 0.29) is 18.7 Å². The predicted octanol–water partition coefficient (Wildman–Crippen LogP) is 3.49. The standard InChI is InChI=1S/C10H9BrF2INO2/c1-2-17-7(16)4-5-3-6(9(12)13)15-10(14)8(5)11/h3,9H,2,4H2,1H3. The van der Waals surface area contributed by atoms with E-state index in [1.54, 1.807) is 6.92 Å². The van der Waals surface area contributed by atoms with Crippen molar-refractivity contribution in [2.24, 2.45) is 0 Å². The first-order valence-electron chi connectivity index (χ1n) is 4.74. The van der Waals surface area contributed by atoms with Gasteiger partial charge in [-0.15, -0.1) is 0 Å². The van der Waals surface area contributed by atoms with Crippen LogP contribution < -0.4 is 0 Å². The van der Waals surface area contributed by atoms with Crippen LogP contribution >= 0.6 is 38.5 Å². The van der Waals surface area contributed by atoms with Crippen molar-refractivity contribution < 1.29 is 18.3 Å². The Labute approximate surface area is 119 Å². The molecule has 0 amide bonds. The molecule has 0 aliphatic rings. The summed E-state index contributed by atoms with van der Waals surface area (Å²) >= 11 is 5.05. The summed E-state index contributed by atoms with van der Waals surface area (Å²) in [5.74, 6) is -0.449. The van der Waals surface area contributed by atoms with Crippen LogP contribution in [0.15, 0.2) is 10.5 Å². The number of carbonyl (C=O) groups excluding carboxylic acids is 1. The minimum absolute atomic E-state index is 0.0489. The number of alkyl halides is 2. The van der Waals surface area contributed by atoms with Gasteiger partial charge in [-0.2, -0.15) is 0 Å². The minimum Gasteiger partial charge on any atom is -0.466 e. The van der Waals surface area contributed by atoms with Crippen molar-refractivity contribution in [3.63, 3.8) is 0 Å². The van der Waals surface area contributed by atoms with Crippen LogP contribution in [-0.4, -0.2) is 17.6 Å². The highest BCUT2D eigenvalue weighted by Crippen LogP contribution is 2.27. The molecule has 7 heteroatoms. The van der Waals surface area contributed by atoms with Crippen molar-refractivity contribution in [3.8, 4) is 0 Å². The summed E-state index contributed by atoms with van der Waals surface area (Å²) in [4.78, 5) is 15.0.